The third kappa shape index (κ3) is 3.06. The zero-order valence-electron chi connectivity index (χ0n) is 5.59. The van der Waals surface area contributed by atoms with E-state index in [-0.39, 0.29) is 5.75 Å². The van der Waals surface area contributed by atoms with E-state index in [1.165, 1.54) is 6.92 Å². The Labute approximate surface area is 61.1 Å². The molecule has 0 heterocycles. The van der Waals surface area contributed by atoms with Gasteiger partial charge in [-0.15, -0.1) is 11.6 Å². The lowest BCUT2D eigenvalue weighted by molar-refractivity contribution is 0.593. The Morgan fingerprint density at radius 2 is 2.00 bits per heavy atom. The Balaban J connectivity index is 4.05. The summed E-state index contributed by atoms with van der Waals surface area (Å²) < 4.78 is 20.9. The highest BCUT2D eigenvalue weighted by Gasteiger charge is 2.15. The van der Waals surface area contributed by atoms with Crippen molar-refractivity contribution in [1.82, 2.24) is 0 Å². The number of hydrogen-bond acceptors (Lipinski definition) is 2. The molecule has 0 fully saturated rings. The van der Waals surface area contributed by atoms with Crippen LogP contribution in [0.5, 0.6) is 0 Å². The normalized spacial score (nSPS) is 15.4. The second-order valence-electron chi connectivity index (χ2n) is 1.91. The van der Waals surface area contributed by atoms with Gasteiger partial charge in [-0.05, 0) is 13.3 Å². The molecule has 1 atom stereocenters. The number of hydrogen-bond donors (Lipinski definition) is 0. The summed E-state index contributed by atoms with van der Waals surface area (Å²) in [5.74, 6) is 0.192. The summed E-state index contributed by atoms with van der Waals surface area (Å²) in [6, 6.07) is 0. The number of alkyl halides is 1. The highest BCUT2D eigenvalue weighted by Crippen LogP contribution is 2.06. The molecule has 0 bridgehead atoms. The van der Waals surface area contributed by atoms with Crippen molar-refractivity contribution in [2.75, 3.05) is 5.75 Å². The minimum Gasteiger partial charge on any atom is -0.227 e. The predicted octanol–water partition coefficient (Wildman–Crippen LogP) is 1.40. The standard InChI is InChI=1S/C5H11ClO2S/c1-3-4-9(7,8)5(2)6/h5H,3-4H2,1-2H3. The van der Waals surface area contributed by atoms with Crippen LogP contribution < -0.4 is 0 Å². The largest absolute Gasteiger partial charge is 0.227 e. The van der Waals surface area contributed by atoms with Crippen LogP contribution in [0.25, 0.3) is 0 Å². The molecular weight excluding hydrogens is 160 g/mol. The first kappa shape index (κ1) is 9.24. The molecule has 0 aliphatic carbocycles. The highest BCUT2D eigenvalue weighted by molar-refractivity contribution is 7.93. The molecule has 0 N–H and O–H groups in total. The molecule has 0 aromatic carbocycles. The smallest absolute Gasteiger partial charge is 0.166 e. The van der Waals surface area contributed by atoms with E-state index < -0.39 is 14.5 Å². The average molecular weight is 171 g/mol. The monoisotopic (exact) mass is 170 g/mol. The Morgan fingerprint density at radius 3 is 2.11 bits per heavy atom. The molecule has 0 radical (unpaired) electrons. The van der Waals surface area contributed by atoms with E-state index in [0.717, 1.165) is 0 Å². The third-order valence-electron chi connectivity index (χ3n) is 0.983. The summed E-state index contributed by atoms with van der Waals surface area (Å²) in [6.07, 6.45) is 0.638. The average Bonchev–Trinajstić information content (AvgIpc) is 1.65. The van der Waals surface area contributed by atoms with E-state index in [1.807, 2.05) is 6.92 Å². The number of sulfone groups is 1. The van der Waals surface area contributed by atoms with Crippen LogP contribution in [0.4, 0.5) is 0 Å². The quantitative estimate of drug-likeness (QED) is 0.600. The molecular formula is C5H11ClO2S. The zero-order chi connectivity index (χ0) is 7.49. The fraction of sp³-hybridized carbons (Fsp3) is 1.00. The van der Waals surface area contributed by atoms with Gasteiger partial charge in [0.05, 0.1) is 5.75 Å². The summed E-state index contributed by atoms with van der Waals surface area (Å²) in [5.41, 5.74) is 0. The molecule has 0 aromatic heterocycles. The first-order chi connectivity index (χ1) is 4.00. The maximum Gasteiger partial charge on any atom is 0.166 e. The van der Waals surface area contributed by atoms with Crippen LogP contribution in [0.3, 0.4) is 0 Å². The predicted molar refractivity (Wildman–Crippen MR) is 39.4 cm³/mol. The van der Waals surface area contributed by atoms with E-state index in [4.69, 9.17) is 11.6 Å². The van der Waals surface area contributed by atoms with Crippen molar-refractivity contribution in [2.45, 2.75) is 25.0 Å². The van der Waals surface area contributed by atoms with Gasteiger partial charge in [0.1, 0.15) is 4.71 Å². The molecule has 0 rings (SSSR count). The van der Waals surface area contributed by atoms with E-state index in [2.05, 4.69) is 0 Å². The third-order valence-corrected chi connectivity index (χ3v) is 3.76. The number of halogens is 1. The first-order valence-electron chi connectivity index (χ1n) is 2.86. The topological polar surface area (TPSA) is 34.1 Å². The summed E-state index contributed by atoms with van der Waals surface area (Å²) in [4.78, 5) is 0. The molecule has 1 unspecified atom stereocenters. The molecule has 0 spiro atoms. The number of rotatable bonds is 3. The van der Waals surface area contributed by atoms with Crippen molar-refractivity contribution in [3.63, 3.8) is 0 Å². The SMILES string of the molecule is CCCS(=O)(=O)C(C)Cl. The molecule has 9 heavy (non-hydrogen) atoms. The van der Waals surface area contributed by atoms with Crippen molar-refractivity contribution in [3.05, 3.63) is 0 Å². The Kier molecular flexibility index (Phi) is 3.51. The van der Waals surface area contributed by atoms with Gasteiger partial charge in [-0.2, -0.15) is 0 Å². The van der Waals surface area contributed by atoms with Crippen molar-refractivity contribution in [1.29, 1.82) is 0 Å². The fourth-order valence-corrected chi connectivity index (χ4v) is 1.61. The van der Waals surface area contributed by atoms with Crippen molar-refractivity contribution >= 4 is 21.4 Å². The van der Waals surface area contributed by atoms with Gasteiger partial charge < -0.3 is 0 Å². The maximum absolute atomic E-state index is 10.8. The summed E-state index contributed by atoms with van der Waals surface area (Å²) in [5, 5.41) is 0. The summed E-state index contributed by atoms with van der Waals surface area (Å²) in [7, 11) is -2.98. The van der Waals surface area contributed by atoms with Crippen LogP contribution in [0, 0.1) is 0 Å². The maximum atomic E-state index is 10.8. The molecule has 2 nitrogen and oxygen atoms in total. The molecule has 4 heteroatoms. The van der Waals surface area contributed by atoms with Gasteiger partial charge in [-0.25, -0.2) is 8.42 Å². The van der Waals surface area contributed by atoms with Crippen molar-refractivity contribution in [2.24, 2.45) is 0 Å². The van der Waals surface area contributed by atoms with Crippen LogP contribution in [-0.2, 0) is 9.84 Å². The molecule has 0 saturated heterocycles. The summed E-state index contributed by atoms with van der Waals surface area (Å²) >= 11 is 5.36. The molecule has 56 valence electrons. The van der Waals surface area contributed by atoms with Gasteiger partial charge in [0.2, 0.25) is 0 Å². The molecule has 0 saturated carbocycles. The fourth-order valence-electron chi connectivity index (χ4n) is 0.447. The van der Waals surface area contributed by atoms with Crippen molar-refractivity contribution in [3.8, 4) is 0 Å². The van der Waals surface area contributed by atoms with E-state index in [0.29, 0.717) is 6.42 Å². The zero-order valence-corrected chi connectivity index (χ0v) is 7.17. The second-order valence-corrected chi connectivity index (χ2v) is 5.26. The highest BCUT2D eigenvalue weighted by atomic mass is 35.5. The van der Waals surface area contributed by atoms with E-state index in [1.54, 1.807) is 0 Å². The lowest BCUT2D eigenvalue weighted by atomic mass is 10.6. The summed E-state index contributed by atoms with van der Waals surface area (Å²) in [6.45, 7) is 3.30. The second kappa shape index (κ2) is 3.42. The van der Waals surface area contributed by atoms with Crippen molar-refractivity contribution < 1.29 is 8.42 Å². The van der Waals surface area contributed by atoms with Crippen LogP contribution in [0.15, 0.2) is 0 Å². The van der Waals surface area contributed by atoms with Gasteiger partial charge in [0, 0.05) is 0 Å². The molecule has 0 amide bonds. The van der Waals surface area contributed by atoms with Crippen LogP contribution >= 0.6 is 11.6 Å². The lowest BCUT2D eigenvalue weighted by Gasteiger charge is -2.01. The Bertz CT molecular complexity index is 160. The van der Waals surface area contributed by atoms with Crippen LogP contribution in [-0.4, -0.2) is 18.9 Å². The molecule has 0 aliphatic heterocycles. The Morgan fingerprint density at radius 1 is 1.56 bits per heavy atom. The van der Waals surface area contributed by atoms with Gasteiger partial charge in [0.15, 0.2) is 9.84 Å². The lowest BCUT2D eigenvalue weighted by Crippen LogP contribution is -2.14. The van der Waals surface area contributed by atoms with Gasteiger partial charge >= 0.3 is 0 Å². The minimum atomic E-state index is -2.98. The molecule has 0 aromatic rings. The minimum absolute atomic E-state index is 0.192. The van der Waals surface area contributed by atoms with Gasteiger partial charge in [-0.3, -0.25) is 0 Å². The first-order valence-corrected chi connectivity index (χ1v) is 5.01. The van der Waals surface area contributed by atoms with Crippen LogP contribution in [0.2, 0.25) is 0 Å². The van der Waals surface area contributed by atoms with Gasteiger partial charge in [0.25, 0.3) is 0 Å². The Hall–Kier alpha value is 0.240. The van der Waals surface area contributed by atoms with E-state index in [9.17, 15) is 8.42 Å². The molecule has 0 aliphatic rings. The van der Waals surface area contributed by atoms with E-state index >= 15 is 0 Å². The van der Waals surface area contributed by atoms with Gasteiger partial charge in [-0.1, -0.05) is 6.92 Å². The van der Waals surface area contributed by atoms with Crippen LogP contribution in [0.1, 0.15) is 20.3 Å².